The first kappa shape index (κ1) is 13.0. The van der Waals surface area contributed by atoms with Gasteiger partial charge in [-0.1, -0.05) is 25.8 Å². The van der Waals surface area contributed by atoms with Gasteiger partial charge in [-0.15, -0.1) is 10.2 Å². The van der Waals surface area contributed by atoms with Gasteiger partial charge in [-0.2, -0.15) is 0 Å². The number of fused-ring (bicyclic) bond motifs is 1. The van der Waals surface area contributed by atoms with Crippen LogP contribution in [-0.2, 0) is 0 Å². The van der Waals surface area contributed by atoms with Crippen LogP contribution in [-0.4, -0.2) is 20.6 Å². The predicted molar refractivity (Wildman–Crippen MR) is 73.5 cm³/mol. The minimum atomic E-state index is 0.217. The van der Waals surface area contributed by atoms with E-state index < -0.39 is 0 Å². The summed E-state index contributed by atoms with van der Waals surface area (Å²) >= 11 is 0. The Kier molecular flexibility index (Phi) is 4.31. The van der Waals surface area contributed by atoms with Crippen molar-refractivity contribution in [2.24, 2.45) is 0 Å². The fourth-order valence-corrected chi connectivity index (χ4v) is 2.25. The lowest BCUT2D eigenvalue weighted by Gasteiger charge is -2.18. The van der Waals surface area contributed by atoms with Crippen molar-refractivity contribution in [1.82, 2.24) is 19.9 Å². The third-order valence-corrected chi connectivity index (χ3v) is 3.25. The summed E-state index contributed by atoms with van der Waals surface area (Å²) < 4.78 is 2.05. The highest BCUT2D eigenvalue weighted by Gasteiger charge is 2.14. The molecular weight excluding hydrogens is 224 g/mol. The first-order chi connectivity index (χ1) is 8.72. The number of unbranched alkanes of at least 4 members (excludes halogenated alkanes) is 1. The molecule has 0 aliphatic carbocycles. The largest absolute Gasteiger partial charge is 0.305 e. The average Bonchev–Trinajstić information content (AvgIpc) is 2.80. The maximum absolute atomic E-state index is 4.28. The Morgan fingerprint density at radius 1 is 1.28 bits per heavy atom. The van der Waals surface area contributed by atoms with Crippen molar-refractivity contribution in [2.45, 2.75) is 52.1 Å². The molecule has 1 N–H and O–H groups in total. The predicted octanol–water partition coefficient (Wildman–Crippen LogP) is 2.96. The standard InChI is InChI=1S/C14H22N4/c1-4-5-8-11(2)15-12(3)14-17-16-13-9-6-7-10-18(13)14/h6-7,9-12,15H,4-5,8H2,1-3H3. The van der Waals surface area contributed by atoms with Crippen LogP contribution in [0.3, 0.4) is 0 Å². The van der Waals surface area contributed by atoms with Gasteiger partial charge < -0.3 is 5.32 Å². The van der Waals surface area contributed by atoms with Crippen LogP contribution >= 0.6 is 0 Å². The van der Waals surface area contributed by atoms with E-state index in [-0.39, 0.29) is 6.04 Å². The van der Waals surface area contributed by atoms with E-state index in [0.717, 1.165) is 11.5 Å². The van der Waals surface area contributed by atoms with Crippen LogP contribution < -0.4 is 5.32 Å². The first-order valence-corrected chi connectivity index (χ1v) is 6.78. The molecule has 2 unspecified atom stereocenters. The van der Waals surface area contributed by atoms with Gasteiger partial charge in [-0.3, -0.25) is 4.40 Å². The van der Waals surface area contributed by atoms with Crippen molar-refractivity contribution in [2.75, 3.05) is 0 Å². The van der Waals surface area contributed by atoms with E-state index in [1.165, 1.54) is 19.3 Å². The summed E-state index contributed by atoms with van der Waals surface area (Å²) in [5, 5.41) is 12.0. The Morgan fingerprint density at radius 3 is 2.89 bits per heavy atom. The molecule has 2 rings (SSSR count). The summed E-state index contributed by atoms with van der Waals surface area (Å²) in [4.78, 5) is 0. The van der Waals surface area contributed by atoms with E-state index >= 15 is 0 Å². The minimum absolute atomic E-state index is 0.217. The molecule has 98 valence electrons. The summed E-state index contributed by atoms with van der Waals surface area (Å²) in [5.41, 5.74) is 0.905. The quantitative estimate of drug-likeness (QED) is 0.852. The lowest BCUT2D eigenvalue weighted by atomic mass is 10.1. The molecule has 4 nitrogen and oxygen atoms in total. The van der Waals surface area contributed by atoms with E-state index in [1.807, 2.05) is 28.8 Å². The summed E-state index contributed by atoms with van der Waals surface area (Å²) in [6.45, 7) is 6.60. The molecule has 0 fully saturated rings. The molecule has 0 saturated carbocycles. The molecule has 0 aliphatic heterocycles. The first-order valence-electron chi connectivity index (χ1n) is 6.78. The Hall–Kier alpha value is -1.42. The number of hydrogen-bond donors (Lipinski definition) is 1. The summed E-state index contributed by atoms with van der Waals surface area (Å²) in [6, 6.07) is 6.69. The third kappa shape index (κ3) is 2.88. The van der Waals surface area contributed by atoms with Crippen LogP contribution in [0.15, 0.2) is 24.4 Å². The molecule has 0 bridgehead atoms. The van der Waals surface area contributed by atoms with Gasteiger partial charge in [0.2, 0.25) is 0 Å². The fraction of sp³-hybridized carbons (Fsp3) is 0.571. The molecule has 0 radical (unpaired) electrons. The van der Waals surface area contributed by atoms with E-state index in [1.54, 1.807) is 0 Å². The van der Waals surface area contributed by atoms with E-state index in [4.69, 9.17) is 0 Å². The summed E-state index contributed by atoms with van der Waals surface area (Å²) in [7, 11) is 0. The number of hydrogen-bond acceptors (Lipinski definition) is 3. The number of nitrogens with zero attached hydrogens (tertiary/aromatic N) is 3. The van der Waals surface area contributed by atoms with Gasteiger partial charge >= 0.3 is 0 Å². The molecule has 2 heterocycles. The SMILES string of the molecule is CCCCC(C)NC(C)c1nnc2ccccn12. The van der Waals surface area contributed by atoms with Crippen LogP contribution in [0.1, 0.15) is 51.9 Å². The zero-order valence-corrected chi connectivity index (χ0v) is 11.4. The van der Waals surface area contributed by atoms with E-state index in [0.29, 0.717) is 6.04 Å². The van der Waals surface area contributed by atoms with E-state index in [2.05, 4.69) is 36.3 Å². The minimum Gasteiger partial charge on any atom is -0.305 e. The van der Waals surface area contributed by atoms with Gasteiger partial charge in [0, 0.05) is 12.2 Å². The average molecular weight is 246 g/mol. The molecule has 2 aromatic heterocycles. The van der Waals surface area contributed by atoms with Gasteiger partial charge in [0.25, 0.3) is 0 Å². The summed E-state index contributed by atoms with van der Waals surface area (Å²) in [5.74, 6) is 0.981. The second-order valence-electron chi connectivity index (χ2n) is 4.92. The van der Waals surface area contributed by atoms with Crippen molar-refractivity contribution in [3.8, 4) is 0 Å². The molecule has 2 atom stereocenters. The van der Waals surface area contributed by atoms with Crippen molar-refractivity contribution >= 4 is 5.65 Å². The lowest BCUT2D eigenvalue weighted by Crippen LogP contribution is -2.30. The molecule has 0 saturated heterocycles. The molecule has 4 heteroatoms. The summed E-state index contributed by atoms with van der Waals surface area (Å²) in [6.07, 6.45) is 5.73. The normalized spacial score (nSPS) is 14.8. The molecule has 2 aromatic rings. The van der Waals surface area contributed by atoms with Gasteiger partial charge in [0.1, 0.15) is 0 Å². The van der Waals surface area contributed by atoms with Crippen LogP contribution in [0.4, 0.5) is 0 Å². The monoisotopic (exact) mass is 246 g/mol. The van der Waals surface area contributed by atoms with E-state index in [9.17, 15) is 0 Å². The molecule has 0 aromatic carbocycles. The highest BCUT2D eigenvalue weighted by molar-refractivity contribution is 5.37. The Bertz CT molecular complexity index is 491. The van der Waals surface area contributed by atoms with Gasteiger partial charge in [0.05, 0.1) is 6.04 Å². The lowest BCUT2D eigenvalue weighted by molar-refractivity contribution is 0.431. The number of aromatic nitrogens is 3. The molecule has 0 aliphatic rings. The molecule has 0 amide bonds. The van der Waals surface area contributed by atoms with Crippen molar-refractivity contribution in [3.63, 3.8) is 0 Å². The molecule has 0 spiro atoms. The van der Waals surface area contributed by atoms with Gasteiger partial charge in [0.15, 0.2) is 11.5 Å². The number of pyridine rings is 1. The smallest absolute Gasteiger partial charge is 0.160 e. The number of rotatable bonds is 6. The Balaban J connectivity index is 2.06. The van der Waals surface area contributed by atoms with Crippen LogP contribution in [0, 0.1) is 0 Å². The van der Waals surface area contributed by atoms with Crippen molar-refractivity contribution < 1.29 is 0 Å². The zero-order chi connectivity index (χ0) is 13.0. The highest BCUT2D eigenvalue weighted by atomic mass is 15.3. The van der Waals surface area contributed by atoms with Crippen molar-refractivity contribution in [3.05, 3.63) is 30.2 Å². The molecule has 18 heavy (non-hydrogen) atoms. The van der Waals surface area contributed by atoms with Gasteiger partial charge in [-0.05, 0) is 32.4 Å². The Morgan fingerprint density at radius 2 is 2.11 bits per heavy atom. The maximum atomic E-state index is 4.28. The zero-order valence-electron chi connectivity index (χ0n) is 11.4. The van der Waals surface area contributed by atoms with Crippen LogP contribution in [0.25, 0.3) is 5.65 Å². The second kappa shape index (κ2) is 5.96. The van der Waals surface area contributed by atoms with Crippen molar-refractivity contribution in [1.29, 1.82) is 0 Å². The molecular formula is C14H22N4. The maximum Gasteiger partial charge on any atom is 0.160 e. The highest BCUT2D eigenvalue weighted by Crippen LogP contribution is 2.13. The topological polar surface area (TPSA) is 42.2 Å². The van der Waals surface area contributed by atoms with Crippen LogP contribution in [0.2, 0.25) is 0 Å². The Labute approximate surface area is 108 Å². The third-order valence-electron chi connectivity index (χ3n) is 3.25. The number of nitrogens with one attached hydrogen (secondary N) is 1. The second-order valence-corrected chi connectivity index (χ2v) is 4.92. The van der Waals surface area contributed by atoms with Gasteiger partial charge in [-0.25, -0.2) is 0 Å². The fourth-order valence-electron chi connectivity index (χ4n) is 2.25. The van der Waals surface area contributed by atoms with Crippen LogP contribution in [0.5, 0.6) is 0 Å².